The molecular weight excluding hydrogens is 500 g/mol. The Morgan fingerprint density at radius 1 is 1.00 bits per heavy atom. The van der Waals surface area contributed by atoms with Gasteiger partial charge in [0.25, 0.3) is 0 Å². The lowest BCUT2D eigenvalue weighted by atomic mass is 10.0. The molecule has 2 aromatic heterocycles. The fourth-order valence-corrected chi connectivity index (χ4v) is 4.87. The molecule has 0 aliphatic carbocycles. The molecule has 0 radical (unpaired) electrons. The molecule has 0 spiro atoms. The molecule has 0 aliphatic rings. The van der Waals surface area contributed by atoms with Crippen LogP contribution in [0.25, 0.3) is 33.4 Å². The predicted octanol–water partition coefficient (Wildman–Crippen LogP) is 7.73. The van der Waals surface area contributed by atoms with E-state index in [1.54, 1.807) is 6.07 Å². The third kappa shape index (κ3) is 5.93. The number of fused-ring (bicyclic) bond motifs is 1. The summed E-state index contributed by atoms with van der Waals surface area (Å²) in [7, 11) is 1.98. The van der Waals surface area contributed by atoms with Crippen molar-refractivity contribution in [2.24, 2.45) is 7.05 Å². The third-order valence-corrected chi connectivity index (χ3v) is 6.67. The average molecular weight is 537 g/mol. The number of para-hydroxylation sites is 1. The van der Waals surface area contributed by atoms with Gasteiger partial charge in [-0.3, -0.25) is 0 Å². The second kappa shape index (κ2) is 11.0. The zero-order chi connectivity index (χ0) is 28.4. The average Bonchev–Trinajstić information content (AvgIpc) is 3.48. The van der Waals surface area contributed by atoms with Crippen molar-refractivity contribution in [3.05, 3.63) is 90.1 Å². The van der Waals surface area contributed by atoms with Gasteiger partial charge in [0, 0.05) is 37.3 Å². The largest absolute Gasteiger partial charge is 0.514 e. The molecule has 0 fully saturated rings. The number of carbonyl (C=O) groups excluding carboxylic acids is 1. The lowest BCUT2D eigenvalue weighted by Gasteiger charge is -2.19. The number of aromatic nitrogens is 4. The Balaban J connectivity index is 1.46. The summed E-state index contributed by atoms with van der Waals surface area (Å²) in [4.78, 5) is 21.9. The Bertz CT molecular complexity index is 1660. The lowest BCUT2D eigenvalue weighted by Crippen LogP contribution is -2.26. The number of ether oxygens (including phenoxy) is 2. The zero-order valence-electron chi connectivity index (χ0n) is 24.1. The highest BCUT2D eigenvalue weighted by Crippen LogP contribution is 2.32. The molecule has 0 bridgehead atoms. The summed E-state index contributed by atoms with van der Waals surface area (Å²) in [5, 5.41) is 0. The highest BCUT2D eigenvalue weighted by atomic mass is 16.7. The second-order valence-electron chi connectivity index (χ2n) is 11.2. The summed E-state index contributed by atoms with van der Waals surface area (Å²) < 4.78 is 15.2. The molecule has 0 saturated heterocycles. The smallest absolute Gasteiger partial charge is 0.428 e. The monoisotopic (exact) mass is 536 g/mol. The quantitative estimate of drug-likeness (QED) is 0.157. The van der Waals surface area contributed by atoms with Crippen molar-refractivity contribution in [3.8, 4) is 28.1 Å². The molecule has 0 aliphatic heterocycles. The zero-order valence-corrected chi connectivity index (χ0v) is 24.1. The Morgan fingerprint density at radius 3 is 2.42 bits per heavy atom. The maximum atomic E-state index is 12.3. The van der Waals surface area contributed by atoms with Crippen molar-refractivity contribution in [3.63, 3.8) is 0 Å². The molecule has 40 heavy (non-hydrogen) atoms. The van der Waals surface area contributed by atoms with Crippen LogP contribution in [0.4, 0.5) is 4.79 Å². The number of nitrogens with zero attached hydrogens (tertiary/aromatic N) is 4. The van der Waals surface area contributed by atoms with Gasteiger partial charge in [-0.25, -0.2) is 14.8 Å². The predicted molar refractivity (Wildman–Crippen MR) is 159 cm³/mol. The molecule has 0 amide bonds. The first-order valence-corrected chi connectivity index (χ1v) is 13.7. The van der Waals surface area contributed by atoms with Gasteiger partial charge in [-0.05, 0) is 69.0 Å². The minimum Gasteiger partial charge on any atom is -0.428 e. The first-order valence-electron chi connectivity index (χ1n) is 13.7. The molecule has 7 heteroatoms. The molecule has 5 rings (SSSR count). The van der Waals surface area contributed by atoms with Crippen molar-refractivity contribution >= 4 is 17.2 Å². The van der Waals surface area contributed by atoms with Crippen LogP contribution in [0.3, 0.4) is 0 Å². The second-order valence-corrected chi connectivity index (χ2v) is 11.2. The molecule has 7 nitrogen and oxygen atoms in total. The number of hydrogen-bond acceptors (Lipinski definition) is 5. The number of rotatable bonds is 7. The summed E-state index contributed by atoms with van der Waals surface area (Å²) in [6, 6.07) is 20.2. The molecule has 0 saturated carbocycles. The fourth-order valence-electron chi connectivity index (χ4n) is 4.87. The Kier molecular flexibility index (Phi) is 7.48. The van der Waals surface area contributed by atoms with Crippen molar-refractivity contribution < 1.29 is 14.3 Å². The van der Waals surface area contributed by atoms with Crippen LogP contribution in [0, 0.1) is 6.92 Å². The van der Waals surface area contributed by atoms with Crippen LogP contribution < -0.4 is 4.74 Å². The van der Waals surface area contributed by atoms with E-state index in [0.717, 1.165) is 63.2 Å². The molecule has 5 aromatic rings. The van der Waals surface area contributed by atoms with Crippen LogP contribution in [0.1, 0.15) is 51.1 Å². The van der Waals surface area contributed by atoms with E-state index in [0.29, 0.717) is 12.3 Å². The topological polar surface area (TPSA) is 71.2 Å². The Labute approximate surface area is 235 Å². The first kappa shape index (κ1) is 27.2. The fraction of sp³-hybridized carbons (Fsp3) is 0.303. The minimum absolute atomic E-state index is 0.466. The summed E-state index contributed by atoms with van der Waals surface area (Å²) in [6.45, 7) is 10.4. The van der Waals surface area contributed by atoms with Gasteiger partial charge < -0.3 is 18.6 Å². The van der Waals surface area contributed by atoms with Gasteiger partial charge >= 0.3 is 6.16 Å². The van der Waals surface area contributed by atoms with Gasteiger partial charge in [-0.15, -0.1) is 0 Å². The number of aryl methyl sites for hydroxylation is 3. The molecular formula is C33H36N4O3. The lowest BCUT2D eigenvalue weighted by molar-refractivity contribution is 0.0207. The highest BCUT2D eigenvalue weighted by Gasteiger charge is 2.20. The molecule has 206 valence electrons. The summed E-state index contributed by atoms with van der Waals surface area (Å²) in [6.07, 6.45) is 5.07. The maximum Gasteiger partial charge on any atom is 0.514 e. The Hall–Kier alpha value is -4.39. The van der Waals surface area contributed by atoms with Crippen LogP contribution in [0.2, 0.25) is 0 Å². The number of hydrogen-bond donors (Lipinski definition) is 0. The summed E-state index contributed by atoms with van der Waals surface area (Å²) >= 11 is 0. The van der Waals surface area contributed by atoms with Gasteiger partial charge in [-0.1, -0.05) is 49.4 Å². The van der Waals surface area contributed by atoms with Gasteiger partial charge in [0.15, 0.2) is 0 Å². The maximum absolute atomic E-state index is 12.3. The van der Waals surface area contributed by atoms with Crippen LogP contribution in [-0.4, -0.2) is 30.9 Å². The Morgan fingerprint density at radius 2 is 1.75 bits per heavy atom. The number of imidazole rings is 2. The van der Waals surface area contributed by atoms with Gasteiger partial charge in [0.2, 0.25) is 0 Å². The van der Waals surface area contributed by atoms with E-state index in [2.05, 4.69) is 59.8 Å². The van der Waals surface area contributed by atoms with Gasteiger partial charge in [0.05, 0.1) is 23.1 Å². The molecule has 3 aromatic carbocycles. The van der Waals surface area contributed by atoms with Crippen LogP contribution >= 0.6 is 0 Å². The van der Waals surface area contributed by atoms with Gasteiger partial charge in [-0.2, -0.15) is 0 Å². The molecule has 2 heterocycles. The minimum atomic E-state index is -0.715. The van der Waals surface area contributed by atoms with Crippen LogP contribution in [0.5, 0.6) is 5.75 Å². The molecule has 0 unspecified atom stereocenters. The molecule has 0 atom stereocenters. The molecule has 0 N–H and O–H groups in total. The SMILES string of the molecule is CCCc1nc2c(C)cc(-c3cn(C)cn3)cc2n1Cc1ccc(-c2ccccc2OC(=O)OC(C)(C)C)cc1. The van der Waals surface area contributed by atoms with Crippen molar-refractivity contribution in [1.29, 1.82) is 0 Å². The van der Waals surface area contributed by atoms with E-state index >= 15 is 0 Å². The van der Waals surface area contributed by atoms with Crippen molar-refractivity contribution in [2.45, 2.75) is 59.6 Å². The summed E-state index contributed by atoms with van der Waals surface area (Å²) in [5.41, 5.74) is 7.66. The van der Waals surface area contributed by atoms with Crippen molar-refractivity contribution in [1.82, 2.24) is 19.1 Å². The van der Waals surface area contributed by atoms with E-state index < -0.39 is 11.8 Å². The van der Waals surface area contributed by atoms with Crippen molar-refractivity contribution in [2.75, 3.05) is 0 Å². The highest BCUT2D eigenvalue weighted by molar-refractivity contribution is 5.85. The van der Waals surface area contributed by atoms with Crippen LogP contribution in [-0.2, 0) is 24.8 Å². The van der Waals surface area contributed by atoms with E-state index in [1.807, 2.05) is 63.1 Å². The number of carbonyl (C=O) groups is 1. The van der Waals surface area contributed by atoms with E-state index in [4.69, 9.17) is 14.5 Å². The normalized spacial score (nSPS) is 11.7. The number of benzene rings is 3. The summed E-state index contributed by atoms with van der Waals surface area (Å²) in [5.74, 6) is 1.55. The first-order chi connectivity index (χ1) is 19.1. The third-order valence-electron chi connectivity index (χ3n) is 6.67. The van der Waals surface area contributed by atoms with Crippen LogP contribution in [0.15, 0.2) is 73.2 Å². The van der Waals surface area contributed by atoms with E-state index in [1.165, 1.54) is 0 Å². The van der Waals surface area contributed by atoms with E-state index in [9.17, 15) is 4.79 Å². The standard InChI is InChI=1S/C33H36N4O3/c1-7-10-30-35-31-22(2)17-25(27-20-36(6)21-34-27)18-28(31)37(30)19-23-13-15-24(16-14-23)26-11-8-9-12-29(26)39-32(38)40-33(3,4)5/h8-9,11-18,20-21H,7,10,19H2,1-6H3. The van der Waals surface area contributed by atoms with E-state index in [-0.39, 0.29) is 0 Å². The van der Waals surface area contributed by atoms with Gasteiger partial charge in [0.1, 0.15) is 17.2 Å².